The zero-order valence-corrected chi connectivity index (χ0v) is 8.39. The number of hydrogen-bond acceptors (Lipinski definition) is 3. The van der Waals surface area contributed by atoms with Gasteiger partial charge in [-0.1, -0.05) is 11.6 Å². The Hall–Kier alpha value is -1.40. The minimum atomic E-state index is 0.471. The maximum Gasteiger partial charge on any atom is 0.180 e. The first-order valence-electron chi connectivity index (χ1n) is 4.23. The lowest BCUT2D eigenvalue weighted by atomic mass is 10.1. The molecule has 14 heavy (non-hydrogen) atoms. The zero-order valence-electron chi connectivity index (χ0n) is 7.63. The molecule has 3 nitrogen and oxygen atoms in total. The Balaban J connectivity index is 2.64. The molecule has 0 saturated carbocycles. The molecule has 0 amide bonds. The van der Waals surface area contributed by atoms with Gasteiger partial charge >= 0.3 is 0 Å². The van der Waals surface area contributed by atoms with Crippen LogP contribution in [-0.4, -0.2) is 13.2 Å². The summed E-state index contributed by atoms with van der Waals surface area (Å²) in [5.74, 6) is 1.11. The van der Waals surface area contributed by atoms with Crippen molar-refractivity contribution in [3.63, 3.8) is 0 Å². The molecule has 1 aromatic rings. The first-order valence-corrected chi connectivity index (χ1v) is 4.60. The third-order valence-electron chi connectivity index (χ3n) is 2.14. The highest BCUT2D eigenvalue weighted by molar-refractivity contribution is 6.33. The van der Waals surface area contributed by atoms with Crippen LogP contribution in [0.2, 0.25) is 5.02 Å². The average Bonchev–Trinajstić information content (AvgIpc) is 2.23. The predicted octanol–water partition coefficient (Wildman–Crippen LogP) is 2.29. The van der Waals surface area contributed by atoms with Crippen LogP contribution in [0.5, 0.6) is 11.5 Å². The lowest BCUT2D eigenvalue weighted by molar-refractivity contribution is 0.171. The van der Waals surface area contributed by atoms with E-state index >= 15 is 0 Å². The summed E-state index contributed by atoms with van der Waals surface area (Å²) in [5.41, 5.74) is 1.26. The maximum absolute atomic E-state index is 8.84. The topological polar surface area (TPSA) is 42.2 Å². The van der Waals surface area contributed by atoms with Crippen molar-refractivity contribution in [3.8, 4) is 17.6 Å². The highest BCUT2D eigenvalue weighted by Gasteiger charge is 2.19. The Morgan fingerprint density at radius 3 is 2.86 bits per heavy atom. The lowest BCUT2D eigenvalue weighted by Gasteiger charge is -2.20. The van der Waals surface area contributed by atoms with E-state index in [2.05, 4.69) is 6.07 Å². The van der Waals surface area contributed by atoms with Gasteiger partial charge in [0.15, 0.2) is 11.5 Å². The smallest absolute Gasteiger partial charge is 0.180 e. The summed E-state index contributed by atoms with van der Waals surface area (Å²) in [4.78, 5) is 0. The number of nitriles is 1. The van der Waals surface area contributed by atoms with Gasteiger partial charge in [0.1, 0.15) is 13.2 Å². The highest BCUT2D eigenvalue weighted by Crippen LogP contribution is 2.40. The normalized spacial score (nSPS) is 13.5. The Labute approximate surface area is 86.8 Å². The van der Waals surface area contributed by atoms with Crippen LogP contribution >= 0.6 is 11.6 Å². The van der Waals surface area contributed by atoms with E-state index in [-0.39, 0.29) is 0 Å². The second-order valence-electron chi connectivity index (χ2n) is 3.00. The first kappa shape index (κ1) is 9.17. The van der Waals surface area contributed by atoms with E-state index in [9.17, 15) is 0 Å². The van der Waals surface area contributed by atoms with Crippen LogP contribution in [0.15, 0.2) is 6.07 Å². The molecule has 1 aromatic carbocycles. The molecule has 0 saturated heterocycles. The number of ether oxygens (including phenoxy) is 2. The van der Waals surface area contributed by atoms with E-state index < -0.39 is 0 Å². The zero-order chi connectivity index (χ0) is 10.1. The second kappa shape index (κ2) is 3.39. The minimum absolute atomic E-state index is 0.471. The molecule has 0 aliphatic carbocycles. The van der Waals surface area contributed by atoms with E-state index in [1.54, 1.807) is 13.0 Å². The molecule has 1 heterocycles. The molecule has 0 atom stereocenters. The number of nitrogens with zero attached hydrogens (tertiary/aromatic N) is 1. The van der Waals surface area contributed by atoms with Crippen molar-refractivity contribution in [2.24, 2.45) is 0 Å². The van der Waals surface area contributed by atoms with Crippen LogP contribution in [0.4, 0.5) is 0 Å². The molecule has 0 spiro atoms. The summed E-state index contributed by atoms with van der Waals surface area (Å²) in [7, 11) is 0. The molecule has 0 N–H and O–H groups in total. The fourth-order valence-electron chi connectivity index (χ4n) is 1.35. The van der Waals surface area contributed by atoms with E-state index in [0.717, 1.165) is 5.56 Å². The van der Waals surface area contributed by atoms with Gasteiger partial charge in [-0.15, -0.1) is 0 Å². The molecular weight excluding hydrogens is 202 g/mol. The van der Waals surface area contributed by atoms with Gasteiger partial charge in [0, 0.05) is 6.07 Å². The molecule has 0 fully saturated rings. The van der Waals surface area contributed by atoms with Gasteiger partial charge in [0.2, 0.25) is 0 Å². The van der Waals surface area contributed by atoms with Crippen molar-refractivity contribution < 1.29 is 9.47 Å². The Bertz CT molecular complexity index is 423. The van der Waals surface area contributed by atoms with Crippen molar-refractivity contribution >= 4 is 11.6 Å². The van der Waals surface area contributed by atoms with Crippen molar-refractivity contribution in [2.45, 2.75) is 6.92 Å². The fourth-order valence-corrected chi connectivity index (χ4v) is 1.60. The maximum atomic E-state index is 8.84. The number of fused-ring (bicyclic) bond motifs is 1. The number of hydrogen-bond donors (Lipinski definition) is 0. The SMILES string of the molecule is Cc1c(C#N)cc2c(c1Cl)OCCO2. The highest BCUT2D eigenvalue weighted by atomic mass is 35.5. The monoisotopic (exact) mass is 209 g/mol. The summed E-state index contributed by atoms with van der Waals surface area (Å²) >= 11 is 6.04. The molecule has 1 aliphatic rings. The minimum Gasteiger partial charge on any atom is -0.486 e. The molecule has 2 rings (SSSR count). The van der Waals surface area contributed by atoms with Gasteiger partial charge in [0.05, 0.1) is 16.7 Å². The average molecular weight is 210 g/mol. The van der Waals surface area contributed by atoms with Crippen LogP contribution in [-0.2, 0) is 0 Å². The van der Waals surface area contributed by atoms with E-state index in [4.69, 9.17) is 26.3 Å². The van der Waals surface area contributed by atoms with Crippen molar-refractivity contribution in [1.29, 1.82) is 5.26 Å². The summed E-state index contributed by atoms with van der Waals surface area (Å²) in [6.07, 6.45) is 0. The van der Waals surface area contributed by atoms with Crippen molar-refractivity contribution in [2.75, 3.05) is 13.2 Å². The van der Waals surface area contributed by atoms with Gasteiger partial charge < -0.3 is 9.47 Å². The molecule has 1 aliphatic heterocycles. The lowest BCUT2D eigenvalue weighted by Crippen LogP contribution is -2.16. The number of halogens is 1. The quantitative estimate of drug-likeness (QED) is 0.659. The third-order valence-corrected chi connectivity index (χ3v) is 2.59. The summed E-state index contributed by atoms with van der Waals surface area (Å²) < 4.78 is 10.7. The van der Waals surface area contributed by atoms with Crippen LogP contribution in [0.3, 0.4) is 0 Å². The van der Waals surface area contributed by atoms with E-state index in [1.807, 2.05) is 0 Å². The second-order valence-corrected chi connectivity index (χ2v) is 3.38. The molecule has 0 bridgehead atoms. The summed E-state index contributed by atoms with van der Waals surface area (Å²) in [6.45, 7) is 2.79. The van der Waals surface area contributed by atoms with Crippen LogP contribution in [0.1, 0.15) is 11.1 Å². The molecule has 4 heteroatoms. The summed E-state index contributed by atoms with van der Waals surface area (Å²) in [5, 5.41) is 9.31. The largest absolute Gasteiger partial charge is 0.486 e. The summed E-state index contributed by atoms with van der Waals surface area (Å²) in [6, 6.07) is 3.73. The van der Waals surface area contributed by atoms with Crippen LogP contribution < -0.4 is 9.47 Å². The standard InChI is InChI=1S/C10H8ClNO2/c1-6-7(5-12)4-8-10(9(6)11)14-3-2-13-8/h4H,2-3H2,1H3. The molecule has 0 radical (unpaired) electrons. The van der Waals surface area contributed by atoms with Gasteiger partial charge in [0.25, 0.3) is 0 Å². The van der Waals surface area contributed by atoms with E-state index in [1.165, 1.54) is 0 Å². The molecular formula is C10H8ClNO2. The molecule has 0 unspecified atom stereocenters. The Kier molecular flexibility index (Phi) is 2.22. The third kappa shape index (κ3) is 1.28. The van der Waals surface area contributed by atoms with Gasteiger partial charge in [-0.3, -0.25) is 0 Å². The fraction of sp³-hybridized carbons (Fsp3) is 0.300. The van der Waals surface area contributed by atoms with Crippen molar-refractivity contribution in [3.05, 3.63) is 22.2 Å². The number of rotatable bonds is 0. The Morgan fingerprint density at radius 1 is 1.43 bits per heavy atom. The van der Waals surface area contributed by atoms with Crippen LogP contribution in [0.25, 0.3) is 0 Å². The Morgan fingerprint density at radius 2 is 2.14 bits per heavy atom. The predicted molar refractivity (Wildman–Crippen MR) is 51.9 cm³/mol. The van der Waals surface area contributed by atoms with Crippen LogP contribution in [0, 0.1) is 18.3 Å². The number of benzene rings is 1. The van der Waals surface area contributed by atoms with E-state index in [0.29, 0.717) is 35.3 Å². The molecule has 0 aromatic heterocycles. The molecule has 72 valence electrons. The van der Waals surface area contributed by atoms with Gasteiger partial charge in [-0.2, -0.15) is 5.26 Å². The first-order chi connectivity index (χ1) is 6.74. The van der Waals surface area contributed by atoms with Gasteiger partial charge in [-0.25, -0.2) is 0 Å². The van der Waals surface area contributed by atoms with Crippen molar-refractivity contribution in [1.82, 2.24) is 0 Å². The van der Waals surface area contributed by atoms with Gasteiger partial charge in [-0.05, 0) is 12.5 Å².